The standard InChI is InChI=1S/C13H21N3O/c1-10(2)15-13(17)12-4-3-9-16(12)11-5-7-14-8-6-11/h3-4,9-11,14H,5-8H2,1-2H3,(H,15,17). The molecule has 0 aliphatic carbocycles. The second kappa shape index (κ2) is 5.36. The van der Waals surface area contributed by atoms with Gasteiger partial charge in [0.2, 0.25) is 0 Å². The largest absolute Gasteiger partial charge is 0.349 e. The predicted octanol–water partition coefficient (Wildman–Crippen LogP) is 1.55. The van der Waals surface area contributed by atoms with Crippen LogP contribution in [0.2, 0.25) is 0 Å². The van der Waals surface area contributed by atoms with Crippen LogP contribution in [0.4, 0.5) is 0 Å². The van der Waals surface area contributed by atoms with E-state index in [0.29, 0.717) is 6.04 Å². The predicted molar refractivity (Wildman–Crippen MR) is 68.2 cm³/mol. The maximum atomic E-state index is 12.0. The second-order valence-electron chi connectivity index (χ2n) is 4.91. The highest BCUT2D eigenvalue weighted by atomic mass is 16.2. The maximum Gasteiger partial charge on any atom is 0.268 e. The first-order valence-corrected chi connectivity index (χ1v) is 6.37. The summed E-state index contributed by atoms with van der Waals surface area (Å²) in [6.07, 6.45) is 4.21. The molecule has 94 valence electrons. The highest BCUT2D eigenvalue weighted by Crippen LogP contribution is 2.21. The van der Waals surface area contributed by atoms with E-state index in [1.807, 2.05) is 32.2 Å². The Balaban J connectivity index is 2.12. The molecule has 1 aromatic heterocycles. The topological polar surface area (TPSA) is 46.1 Å². The van der Waals surface area contributed by atoms with Crippen molar-refractivity contribution in [3.05, 3.63) is 24.0 Å². The fourth-order valence-corrected chi connectivity index (χ4v) is 2.33. The van der Waals surface area contributed by atoms with E-state index in [4.69, 9.17) is 0 Å². The van der Waals surface area contributed by atoms with Crippen LogP contribution < -0.4 is 10.6 Å². The van der Waals surface area contributed by atoms with E-state index < -0.39 is 0 Å². The number of hydrogen-bond acceptors (Lipinski definition) is 2. The van der Waals surface area contributed by atoms with Gasteiger partial charge in [-0.05, 0) is 51.9 Å². The van der Waals surface area contributed by atoms with Crippen LogP contribution in [0.15, 0.2) is 18.3 Å². The van der Waals surface area contributed by atoms with Crippen molar-refractivity contribution >= 4 is 5.91 Å². The number of piperidine rings is 1. The van der Waals surface area contributed by atoms with Crippen LogP contribution in [0, 0.1) is 0 Å². The summed E-state index contributed by atoms with van der Waals surface area (Å²) in [5.74, 6) is 0.0310. The molecule has 2 N–H and O–H groups in total. The van der Waals surface area contributed by atoms with Crippen molar-refractivity contribution in [2.75, 3.05) is 13.1 Å². The highest BCUT2D eigenvalue weighted by molar-refractivity contribution is 5.92. The zero-order valence-electron chi connectivity index (χ0n) is 10.6. The molecular formula is C13H21N3O. The molecule has 0 spiro atoms. The molecule has 0 bridgehead atoms. The summed E-state index contributed by atoms with van der Waals surface area (Å²) in [6, 6.07) is 4.50. The van der Waals surface area contributed by atoms with E-state index in [9.17, 15) is 4.79 Å². The summed E-state index contributed by atoms with van der Waals surface area (Å²) in [5, 5.41) is 6.29. The molecule has 4 nitrogen and oxygen atoms in total. The van der Waals surface area contributed by atoms with Crippen molar-refractivity contribution < 1.29 is 4.79 Å². The third-order valence-electron chi connectivity index (χ3n) is 3.13. The summed E-state index contributed by atoms with van der Waals surface area (Å²) in [4.78, 5) is 12.0. The Morgan fingerprint density at radius 2 is 2.18 bits per heavy atom. The average molecular weight is 235 g/mol. The minimum atomic E-state index is 0.0310. The molecule has 1 fully saturated rings. The lowest BCUT2D eigenvalue weighted by Gasteiger charge is -2.26. The van der Waals surface area contributed by atoms with Crippen molar-refractivity contribution in [2.45, 2.75) is 38.8 Å². The first kappa shape index (κ1) is 12.2. The van der Waals surface area contributed by atoms with Gasteiger partial charge in [0.25, 0.3) is 5.91 Å². The molecule has 1 saturated heterocycles. The van der Waals surface area contributed by atoms with Crippen molar-refractivity contribution in [2.24, 2.45) is 0 Å². The quantitative estimate of drug-likeness (QED) is 0.835. The molecule has 17 heavy (non-hydrogen) atoms. The number of carbonyl (C=O) groups is 1. The Morgan fingerprint density at radius 1 is 1.47 bits per heavy atom. The van der Waals surface area contributed by atoms with Crippen LogP contribution >= 0.6 is 0 Å². The summed E-state index contributed by atoms with van der Waals surface area (Å²) >= 11 is 0. The minimum Gasteiger partial charge on any atom is -0.349 e. The average Bonchev–Trinajstić information content (AvgIpc) is 2.78. The van der Waals surface area contributed by atoms with Gasteiger partial charge in [-0.3, -0.25) is 4.79 Å². The van der Waals surface area contributed by atoms with Crippen LogP contribution in [0.1, 0.15) is 43.2 Å². The molecule has 0 unspecified atom stereocenters. The zero-order valence-corrected chi connectivity index (χ0v) is 10.6. The van der Waals surface area contributed by atoms with Crippen molar-refractivity contribution in [1.29, 1.82) is 0 Å². The number of rotatable bonds is 3. The van der Waals surface area contributed by atoms with E-state index in [-0.39, 0.29) is 11.9 Å². The number of aromatic nitrogens is 1. The molecule has 1 aliphatic heterocycles. The summed E-state index contributed by atoms with van der Waals surface area (Å²) in [7, 11) is 0. The monoisotopic (exact) mass is 235 g/mol. The maximum absolute atomic E-state index is 12.0. The first-order chi connectivity index (χ1) is 8.18. The van der Waals surface area contributed by atoms with Crippen LogP contribution in [-0.4, -0.2) is 29.6 Å². The van der Waals surface area contributed by atoms with Crippen molar-refractivity contribution in [1.82, 2.24) is 15.2 Å². The number of hydrogen-bond donors (Lipinski definition) is 2. The molecule has 1 aromatic rings. The number of carbonyl (C=O) groups excluding carboxylic acids is 1. The molecule has 0 saturated carbocycles. The van der Waals surface area contributed by atoms with E-state index >= 15 is 0 Å². The van der Waals surface area contributed by atoms with Gasteiger partial charge in [-0.2, -0.15) is 0 Å². The molecular weight excluding hydrogens is 214 g/mol. The lowest BCUT2D eigenvalue weighted by Crippen LogP contribution is -2.34. The zero-order chi connectivity index (χ0) is 12.3. The van der Waals surface area contributed by atoms with Crippen molar-refractivity contribution in [3.8, 4) is 0 Å². The molecule has 0 aromatic carbocycles. The van der Waals surface area contributed by atoms with Gasteiger partial charge in [0.15, 0.2) is 0 Å². The van der Waals surface area contributed by atoms with Gasteiger partial charge >= 0.3 is 0 Å². The SMILES string of the molecule is CC(C)NC(=O)c1cccn1C1CCNCC1. The summed E-state index contributed by atoms with van der Waals surface area (Å²) < 4.78 is 2.12. The Labute approximate surface area is 102 Å². The smallest absolute Gasteiger partial charge is 0.268 e. The van der Waals surface area contributed by atoms with Crippen LogP contribution in [0.25, 0.3) is 0 Å². The van der Waals surface area contributed by atoms with Gasteiger partial charge in [-0.1, -0.05) is 0 Å². The molecule has 1 amide bonds. The summed E-state index contributed by atoms with van der Waals surface area (Å²) in [6.45, 7) is 6.04. The number of nitrogens with zero attached hydrogens (tertiary/aromatic N) is 1. The Kier molecular flexibility index (Phi) is 3.84. The van der Waals surface area contributed by atoms with Crippen LogP contribution in [-0.2, 0) is 0 Å². The normalized spacial score (nSPS) is 17.4. The number of nitrogens with one attached hydrogen (secondary N) is 2. The fourth-order valence-electron chi connectivity index (χ4n) is 2.33. The van der Waals surface area contributed by atoms with Gasteiger partial charge in [0, 0.05) is 18.3 Å². The third kappa shape index (κ3) is 2.88. The highest BCUT2D eigenvalue weighted by Gasteiger charge is 2.19. The van der Waals surface area contributed by atoms with E-state index in [1.54, 1.807) is 0 Å². The molecule has 0 atom stereocenters. The van der Waals surface area contributed by atoms with E-state index in [1.165, 1.54) is 0 Å². The lowest BCUT2D eigenvalue weighted by atomic mass is 10.1. The lowest BCUT2D eigenvalue weighted by molar-refractivity contribution is 0.0930. The molecule has 2 heterocycles. The minimum absolute atomic E-state index is 0.0310. The Bertz CT molecular complexity index is 378. The Morgan fingerprint density at radius 3 is 2.82 bits per heavy atom. The van der Waals surface area contributed by atoms with Gasteiger partial charge in [-0.15, -0.1) is 0 Å². The van der Waals surface area contributed by atoms with Gasteiger partial charge in [-0.25, -0.2) is 0 Å². The van der Waals surface area contributed by atoms with Crippen molar-refractivity contribution in [3.63, 3.8) is 0 Å². The third-order valence-corrected chi connectivity index (χ3v) is 3.13. The van der Waals surface area contributed by atoms with E-state index in [2.05, 4.69) is 15.2 Å². The fraction of sp³-hybridized carbons (Fsp3) is 0.615. The van der Waals surface area contributed by atoms with Crippen LogP contribution in [0.3, 0.4) is 0 Å². The van der Waals surface area contributed by atoms with Gasteiger partial charge < -0.3 is 15.2 Å². The number of amides is 1. The first-order valence-electron chi connectivity index (χ1n) is 6.37. The van der Waals surface area contributed by atoms with Gasteiger partial charge in [0.05, 0.1) is 0 Å². The van der Waals surface area contributed by atoms with Gasteiger partial charge in [0.1, 0.15) is 5.69 Å². The molecule has 0 radical (unpaired) electrons. The molecule has 2 rings (SSSR count). The van der Waals surface area contributed by atoms with Crippen LogP contribution in [0.5, 0.6) is 0 Å². The van der Waals surface area contributed by atoms with E-state index in [0.717, 1.165) is 31.6 Å². The Hall–Kier alpha value is -1.29. The second-order valence-corrected chi connectivity index (χ2v) is 4.91. The molecule has 1 aliphatic rings. The summed E-state index contributed by atoms with van der Waals surface area (Å²) in [5.41, 5.74) is 0.783. The molecule has 4 heteroatoms.